The summed E-state index contributed by atoms with van der Waals surface area (Å²) in [5, 5.41) is 21.5. The highest BCUT2D eigenvalue weighted by molar-refractivity contribution is 6.46. The monoisotopic (exact) mass is 459 g/mol. The molecule has 8 heteroatoms. The molecule has 1 saturated heterocycles. The van der Waals surface area contributed by atoms with Crippen LogP contribution in [0.4, 0.5) is 0 Å². The van der Waals surface area contributed by atoms with Crippen LogP contribution in [-0.2, 0) is 14.3 Å². The molecule has 0 radical (unpaired) electrons. The molecule has 1 aliphatic heterocycles. The van der Waals surface area contributed by atoms with Gasteiger partial charge in [0.1, 0.15) is 17.3 Å². The summed E-state index contributed by atoms with van der Waals surface area (Å²) in [4.78, 5) is 27.4. The van der Waals surface area contributed by atoms with E-state index in [1.54, 1.807) is 24.3 Å². The van der Waals surface area contributed by atoms with E-state index in [4.69, 9.17) is 21.1 Å². The Hall–Kier alpha value is -3.03. The maximum Gasteiger partial charge on any atom is 0.295 e. The molecule has 2 N–H and O–H groups in total. The van der Waals surface area contributed by atoms with Gasteiger partial charge in [0.2, 0.25) is 0 Å². The van der Waals surface area contributed by atoms with Crippen molar-refractivity contribution in [2.45, 2.75) is 32.4 Å². The summed E-state index contributed by atoms with van der Waals surface area (Å²) in [7, 11) is 1.43. The first-order valence-electron chi connectivity index (χ1n) is 10.3. The minimum absolute atomic E-state index is 0.0171. The summed E-state index contributed by atoms with van der Waals surface area (Å²) in [5.74, 6) is -1.65. The number of amides is 1. The number of likely N-dealkylation sites (tertiary alicyclic amines) is 1. The Morgan fingerprint density at radius 2 is 1.94 bits per heavy atom. The molecule has 0 aliphatic carbocycles. The van der Waals surface area contributed by atoms with Gasteiger partial charge in [-0.25, -0.2) is 0 Å². The Labute approximate surface area is 191 Å². The number of Topliss-reactive ketones (excluding diaryl/α,β-unsaturated/α-hetero) is 1. The smallest absolute Gasteiger partial charge is 0.295 e. The number of phenols is 1. The Bertz CT molecular complexity index is 1050. The highest BCUT2D eigenvalue weighted by Crippen LogP contribution is 2.42. The van der Waals surface area contributed by atoms with E-state index in [1.165, 1.54) is 30.2 Å². The van der Waals surface area contributed by atoms with Crippen LogP contribution < -0.4 is 4.74 Å². The third-order valence-electron chi connectivity index (χ3n) is 5.14. The largest absolute Gasteiger partial charge is 0.508 e. The fourth-order valence-corrected chi connectivity index (χ4v) is 3.89. The first kappa shape index (κ1) is 23.6. The summed E-state index contributed by atoms with van der Waals surface area (Å²) < 4.78 is 10.9. The molecule has 1 amide bonds. The maximum atomic E-state index is 13.0. The van der Waals surface area contributed by atoms with Crippen LogP contribution in [0.1, 0.15) is 37.4 Å². The van der Waals surface area contributed by atoms with Gasteiger partial charge < -0.3 is 24.6 Å². The average molecular weight is 460 g/mol. The molecule has 1 atom stereocenters. The average Bonchev–Trinajstić information content (AvgIpc) is 3.01. The summed E-state index contributed by atoms with van der Waals surface area (Å²) in [6.07, 6.45) is 0.545. The lowest BCUT2D eigenvalue weighted by Gasteiger charge is -2.25. The number of aliphatic hydroxyl groups excluding tert-OH is 1. The van der Waals surface area contributed by atoms with E-state index in [0.717, 1.165) is 0 Å². The first-order chi connectivity index (χ1) is 15.2. The lowest BCUT2D eigenvalue weighted by atomic mass is 9.95. The van der Waals surface area contributed by atoms with Crippen molar-refractivity contribution in [1.29, 1.82) is 0 Å². The number of carbonyl (C=O) groups is 2. The molecule has 1 unspecified atom stereocenters. The zero-order valence-corrected chi connectivity index (χ0v) is 18.9. The van der Waals surface area contributed by atoms with Gasteiger partial charge in [-0.2, -0.15) is 0 Å². The molecule has 0 aromatic heterocycles. The van der Waals surface area contributed by atoms with Gasteiger partial charge in [-0.1, -0.05) is 23.7 Å². The van der Waals surface area contributed by atoms with Crippen LogP contribution in [0.2, 0.25) is 5.02 Å². The first-order valence-corrected chi connectivity index (χ1v) is 10.6. The number of phenolic OH excluding ortho intramolecular Hbond substituents is 1. The second kappa shape index (κ2) is 10.1. The van der Waals surface area contributed by atoms with E-state index in [-0.39, 0.29) is 29.5 Å². The van der Waals surface area contributed by atoms with Crippen LogP contribution in [0, 0.1) is 0 Å². The van der Waals surface area contributed by atoms with Crippen LogP contribution in [0.15, 0.2) is 48.0 Å². The van der Waals surface area contributed by atoms with Gasteiger partial charge in [0.05, 0.1) is 30.4 Å². The number of hydrogen-bond acceptors (Lipinski definition) is 6. The van der Waals surface area contributed by atoms with Crippen molar-refractivity contribution >= 4 is 29.1 Å². The molecular formula is C24H26ClNO6. The molecule has 1 heterocycles. The van der Waals surface area contributed by atoms with Crippen LogP contribution in [0.25, 0.3) is 5.76 Å². The zero-order chi connectivity index (χ0) is 23.4. The molecule has 1 aliphatic rings. The topological polar surface area (TPSA) is 96.3 Å². The Morgan fingerprint density at radius 3 is 2.59 bits per heavy atom. The minimum atomic E-state index is -0.884. The number of aliphatic hydroxyl groups is 1. The van der Waals surface area contributed by atoms with Crippen LogP contribution in [0.3, 0.4) is 0 Å². The number of ether oxygens (including phenoxy) is 2. The Balaban J connectivity index is 2.11. The van der Waals surface area contributed by atoms with Crippen LogP contribution >= 0.6 is 11.6 Å². The number of halogens is 1. The number of rotatable bonds is 8. The standard InChI is InChI=1S/C24H26ClNO6/c1-14(2)32-11-5-10-26-21(15-6-4-7-17(27)12-15)20(23(29)24(26)30)22(28)18-13-16(25)8-9-19(18)31-3/h4,6-9,12-14,21,27-28H,5,10-11H2,1-3H3/b22-20+. The van der Waals surface area contributed by atoms with Gasteiger partial charge in [-0.05, 0) is 56.2 Å². The van der Waals surface area contributed by atoms with Gasteiger partial charge in [0, 0.05) is 18.2 Å². The van der Waals surface area contributed by atoms with Crippen molar-refractivity contribution in [2.75, 3.05) is 20.3 Å². The normalized spacial score (nSPS) is 17.9. The van der Waals surface area contributed by atoms with Crippen molar-refractivity contribution in [3.63, 3.8) is 0 Å². The number of methoxy groups -OCH3 is 1. The quantitative estimate of drug-likeness (QED) is 0.264. The number of ketones is 1. The fourth-order valence-electron chi connectivity index (χ4n) is 3.72. The van der Waals surface area contributed by atoms with Gasteiger partial charge >= 0.3 is 0 Å². The third-order valence-corrected chi connectivity index (χ3v) is 5.37. The molecule has 1 fully saturated rings. The van der Waals surface area contributed by atoms with E-state index >= 15 is 0 Å². The minimum Gasteiger partial charge on any atom is -0.508 e. The van der Waals surface area contributed by atoms with E-state index in [1.807, 2.05) is 13.8 Å². The van der Waals surface area contributed by atoms with Crippen molar-refractivity contribution in [1.82, 2.24) is 4.90 Å². The molecule has 3 rings (SSSR count). The van der Waals surface area contributed by atoms with E-state index in [2.05, 4.69) is 0 Å². The molecule has 2 aromatic carbocycles. The Morgan fingerprint density at radius 1 is 1.19 bits per heavy atom. The van der Waals surface area contributed by atoms with Crippen LogP contribution in [-0.4, -0.2) is 53.2 Å². The van der Waals surface area contributed by atoms with Crippen molar-refractivity contribution in [2.24, 2.45) is 0 Å². The van der Waals surface area contributed by atoms with Crippen LogP contribution in [0.5, 0.6) is 11.5 Å². The van der Waals surface area contributed by atoms with E-state index < -0.39 is 23.5 Å². The van der Waals surface area contributed by atoms with Gasteiger partial charge in [-0.3, -0.25) is 9.59 Å². The number of nitrogens with zero attached hydrogens (tertiary/aromatic N) is 1. The predicted molar refractivity (Wildman–Crippen MR) is 121 cm³/mol. The van der Waals surface area contributed by atoms with Crippen molar-refractivity contribution < 1.29 is 29.3 Å². The number of hydrogen-bond donors (Lipinski definition) is 2. The molecular weight excluding hydrogens is 434 g/mol. The van der Waals surface area contributed by atoms with E-state index in [0.29, 0.717) is 29.4 Å². The number of carbonyl (C=O) groups excluding carboxylic acids is 2. The third kappa shape index (κ3) is 4.89. The Kier molecular flexibility index (Phi) is 7.43. The zero-order valence-electron chi connectivity index (χ0n) is 18.2. The molecule has 2 aromatic rings. The number of benzene rings is 2. The van der Waals surface area contributed by atoms with Gasteiger partial charge in [0.25, 0.3) is 11.7 Å². The summed E-state index contributed by atoms with van der Waals surface area (Å²) in [6, 6.07) is 10.0. The maximum absolute atomic E-state index is 13.0. The molecule has 0 bridgehead atoms. The summed E-state index contributed by atoms with van der Waals surface area (Å²) >= 11 is 6.10. The summed E-state index contributed by atoms with van der Waals surface area (Å²) in [5.41, 5.74) is 0.605. The molecule has 170 valence electrons. The fraction of sp³-hybridized carbons (Fsp3) is 0.333. The SMILES string of the molecule is COc1ccc(Cl)cc1/C(O)=C1\C(=O)C(=O)N(CCCOC(C)C)C1c1cccc(O)c1. The number of aromatic hydroxyl groups is 1. The van der Waals surface area contributed by atoms with Gasteiger partial charge in [-0.15, -0.1) is 0 Å². The molecule has 0 spiro atoms. The lowest BCUT2D eigenvalue weighted by molar-refractivity contribution is -0.140. The lowest BCUT2D eigenvalue weighted by Crippen LogP contribution is -2.31. The second-order valence-corrected chi connectivity index (χ2v) is 8.14. The van der Waals surface area contributed by atoms with Gasteiger partial charge in [0.15, 0.2) is 0 Å². The van der Waals surface area contributed by atoms with Crippen molar-refractivity contribution in [3.8, 4) is 11.5 Å². The second-order valence-electron chi connectivity index (χ2n) is 7.71. The van der Waals surface area contributed by atoms with E-state index in [9.17, 15) is 19.8 Å². The summed E-state index contributed by atoms with van der Waals surface area (Å²) in [6.45, 7) is 4.48. The highest BCUT2D eigenvalue weighted by atomic mass is 35.5. The highest BCUT2D eigenvalue weighted by Gasteiger charge is 2.46. The predicted octanol–water partition coefficient (Wildman–Crippen LogP) is 4.29. The molecule has 7 nitrogen and oxygen atoms in total. The van der Waals surface area contributed by atoms with Crippen molar-refractivity contribution in [3.05, 3.63) is 64.2 Å². The molecule has 0 saturated carbocycles. The molecule has 32 heavy (non-hydrogen) atoms.